The fourth-order valence-corrected chi connectivity index (χ4v) is 6.24. The zero-order chi connectivity index (χ0) is 37.3. The van der Waals surface area contributed by atoms with Crippen molar-refractivity contribution in [2.45, 2.75) is 168 Å². The van der Waals surface area contributed by atoms with Crippen molar-refractivity contribution in [3.8, 4) is 11.5 Å². The Hall–Kier alpha value is -3.17. The van der Waals surface area contributed by atoms with Gasteiger partial charge in [-0.2, -0.15) is 0 Å². The van der Waals surface area contributed by atoms with Gasteiger partial charge in [0.05, 0.1) is 22.8 Å². The first kappa shape index (κ1) is 47.9. The average Bonchev–Trinajstić information content (AvgIpc) is 3.17. The Morgan fingerprint density at radius 1 is 0.509 bits per heavy atom. The molecule has 0 saturated carbocycles. The van der Waals surface area contributed by atoms with Crippen LogP contribution in [0.15, 0.2) is 101 Å². The first-order chi connectivity index (χ1) is 25.6. The van der Waals surface area contributed by atoms with Crippen LogP contribution in [-0.4, -0.2) is 11.4 Å². The molecule has 0 heterocycles. The van der Waals surface area contributed by atoms with Crippen molar-refractivity contribution in [3.05, 3.63) is 96.6 Å². The summed E-state index contributed by atoms with van der Waals surface area (Å²) in [6.45, 7) is 6.63. The van der Waals surface area contributed by atoms with E-state index in [1.807, 2.05) is 0 Å². The predicted molar refractivity (Wildman–Crippen MR) is 224 cm³/mol. The number of rotatable bonds is 27. The molecule has 0 radical (unpaired) electrons. The molecule has 0 N–H and O–H groups in total. The van der Waals surface area contributed by atoms with Gasteiger partial charge in [-0.3, -0.25) is 4.99 Å². The Bertz CT molecular complexity index is 1370. The van der Waals surface area contributed by atoms with Gasteiger partial charge in [-0.1, -0.05) is 196 Å². The summed E-state index contributed by atoms with van der Waals surface area (Å²) < 4.78 is 0. The summed E-state index contributed by atoms with van der Waals surface area (Å²) in [6, 6.07) is 25.4. The minimum absolute atomic E-state index is 0. The number of aryl methyl sites for hydroxylation is 1. The van der Waals surface area contributed by atoms with E-state index in [0.717, 1.165) is 61.3 Å². The molecule has 3 aromatic carbocycles. The van der Waals surface area contributed by atoms with Crippen LogP contribution in [0.2, 0.25) is 0 Å². The van der Waals surface area contributed by atoms with Gasteiger partial charge in [0, 0.05) is 0 Å². The monoisotopic (exact) mass is 764 g/mol. The number of unbranched alkanes of at least 4 members (excludes halogenated alkanes) is 18. The number of hydrogen-bond donors (Lipinski definition) is 0. The molecule has 0 unspecified atom stereocenters. The van der Waals surface area contributed by atoms with E-state index in [0.29, 0.717) is 5.56 Å². The van der Waals surface area contributed by atoms with E-state index in [1.54, 1.807) is 12.1 Å². The second kappa shape index (κ2) is 33.4. The summed E-state index contributed by atoms with van der Waals surface area (Å²) in [5, 5.41) is 22.1. The molecule has 0 amide bonds. The van der Waals surface area contributed by atoms with E-state index in [2.05, 4.69) is 93.6 Å². The van der Waals surface area contributed by atoms with Gasteiger partial charge in [-0.25, -0.2) is 4.99 Å². The maximum absolute atomic E-state index is 11.2. The quantitative estimate of drug-likeness (QED) is 0.0440. The van der Waals surface area contributed by atoms with Crippen molar-refractivity contribution in [3.63, 3.8) is 0 Å². The van der Waals surface area contributed by atoms with Crippen molar-refractivity contribution >= 4 is 22.8 Å². The van der Waals surface area contributed by atoms with E-state index < -0.39 is 0 Å². The van der Waals surface area contributed by atoms with Crippen molar-refractivity contribution in [1.29, 1.82) is 0 Å². The van der Waals surface area contributed by atoms with Crippen LogP contribution in [0.5, 0.6) is 11.5 Å². The molecule has 0 aliphatic heterocycles. The third kappa shape index (κ3) is 24.0. The van der Waals surface area contributed by atoms with E-state index in [-0.39, 0.29) is 28.0 Å². The van der Waals surface area contributed by atoms with Crippen molar-refractivity contribution < 1.29 is 26.7 Å². The number of nitrogens with zero attached hydrogens (tertiary/aromatic N) is 2. The second-order valence-electron chi connectivity index (χ2n) is 14.2. The molecule has 0 aliphatic carbocycles. The zero-order valence-corrected chi connectivity index (χ0v) is 34.4. The molecular formula is C48H70N2NiO2. The molecule has 3 aromatic rings. The van der Waals surface area contributed by atoms with Gasteiger partial charge < -0.3 is 10.2 Å². The molecule has 294 valence electrons. The van der Waals surface area contributed by atoms with Crippen LogP contribution in [0.3, 0.4) is 0 Å². The average molecular weight is 766 g/mol. The Morgan fingerprint density at radius 2 is 0.981 bits per heavy atom. The number of aliphatic imine (C=N–C) groups is 2. The van der Waals surface area contributed by atoms with Crippen LogP contribution in [0.1, 0.15) is 168 Å². The van der Waals surface area contributed by atoms with Gasteiger partial charge in [-0.15, -0.1) is 11.5 Å². The van der Waals surface area contributed by atoms with Crippen LogP contribution in [0.25, 0.3) is 0 Å². The van der Waals surface area contributed by atoms with Crippen LogP contribution < -0.4 is 10.2 Å². The predicted octanol–water partition coefficient (Wildman–Crippen LogP) is 14.1. The normalized spacial score (nSPS) is 11.7. The molecule has 0 aromatic heterocycles. The molecule has 0 fully saturated rings. The number of benzene rings is 3. The molecule has 0 aliphatic rings. The third-order valence-electron chi connectivity index (χ3n) is 9.45. The van der Waals surface area contributed by atoms with Crippen molar-refractivity contribution in [2.75, 3.05) is 0 Å². The largest absolute Gasteiger partial charge is 2.00 e. The SMILES string of the molecule is CCCCCCCCCCCCCCC=CC(=Nc1ccccc1)C(CCCCCCCC)=Nc1ccccc1.CCCCc1cccc([O-])c1[O-].[Ni+2]. The topological polar surface area (TPSA) is 70.8 Å². The molecule has 0 atom stereocenters. The number of para-hydroxylation sites is 3. The minimum Gasteiger partial charge on any atom is -0.873 e. The molecule has 0 bridgehead atoms. The smallest absolute Gasteiger partial charge is 0.873 e. The first-order valence-corrected chi connectivity index (χ1v) is 21.0. The van der Waals surface area contributed by atoms with E-state index in [9.17, 15) is 10.2 Å². The Kier molecular flexibility index (Phi) is 30.2. The Balaban J connectivity index is 0.000000913. The molecule has 3 rings (SSSR count). The summed E-state index contributed by atoms with van der Waals surface area (Å²) in [6.07, 6.45) is 33.8. The van der Waals surface area contributed by atoms with Crippen LogP contribution >= 0.6 is 0 Å². The molecule has 4 nitrogen and oxygen atoms in total. The van der Waals surface area contributed by atoms with Gasteiger partial charge in [0.1, 0.15) is 0 Å². The minimum atomic E-state index is -0.386. The van der Waals surface area contributed by atoms with Gasteiger partial charge in [-0.05, 0) is 68.9 Å². The fourth-order valence-electron chi connectivity index (χ4n) is 6.24. The summed E-state index contributed by atoms with van der Waals surface area (Å²) in [5.74, 6) is -0.713. The number of allylic oxidation sites excluding steroid dienone is 2. The third-order valence-corrected chi connectivity index (χ3v) is 9.45. The van der Waals surface area contributed by atoms with Gasteiger partial charge in [0.25, 0.3) is 0 Å². The summed E-state index contributed by atoms with van der Waals surface area (Å²) in [7, 11) is 0. The molecule has 0 spiro atoms. The summed E-state index contributed by atoms with van der Waals surface area (Å²) in [4.78, 5) is 10.2. The van der Waals surface area contributed by atoms with Crippen LogP contribution in [0.4, 0.5) is 11.4 Å². The molecular weight excluding hydrogens is 695 g/mol. The van der Waals surface area contributed by atoms with E-state index in [4.69, 9.17) is 9.98 Å². The van der Waals surface area contributed by atoms with Gasteiger partial charge >= 0.3 is 16.5 Å². The van der Waals surface area contributed by atoms with Gasteiger partial charge in [0.15, 0.2) is 0 Å². The Labute approximate surface area is 334 Å². The molecule has 0 saturated heterocycles. The number of hydrogen-bond acceptors (Lipinski definition) is 4. The standard InChI is InChI=1S/C38H58N2.C10H14O2.Ni/c1-3-5-7-9-11-12-13-14-15-16-17-18-20-28-34-38(40-36-31-25-22-26-32-36)37(33-27-19-10-8-6-4-2)39-35-29-23-21-24-30-35;1-2-3-5-8-6-4-7-9(11)10(8)12;/h21-26,28-32,34H,3-20,27,33H2,1-2H3;4,6-7,11-12H,2-3,5H2,1H3;/q;;+2/p-2. The summed E-state index contributed by atoms with van der Waals surface area (Å²) in [5.41, 5.74) is 4.79. The maximum atomic E-state index is 11.2. The van der Waals surface area contributed by atoms with Crippen molar-refractivity contribution in [2.24, 2.45) is 9.98 Å². The molecule has 5 heteroatoms. The van der Waals surface area contributed by atoms with E-state index >= 15 is 0 Å². The first-order valence-electron chi connectivity index (χ1n) is 21.0. The summed E-state index contributed by atoms with van der Waals surface area (Å²) >= 11 is 0. The zero-order valence-electron chi connectivity index (χ0n) is 33.5. The second-order valence-corrected chi connectivity index (χ2v) is 14.2. The van der Waals surface area contributed by atoms with Gasteiger partial charge in [0.2, 0.25) is 0 Å². The Morgan fingerprint density at radius 3 is 1.51 bits per heavy atom. The maximum Gasteiger partial charge on any atom is 2.00 e. The molecule has 53 heavy (non-hydrogen) atoms. The van der Waals surface area contributed by atoms with Crippen LogP contribution in [-0.2, 0) is 22.9 Å². The fraction of sp³-hybridized carbons (Fsp3) is 0.542. The van der Waals surface area contributed by atoms with Crippen LogP contribution in [0, 0.1) is 0 Å². The van der Waals surface area contributed by atoms with Crippen molar-refractivity contribution in [1.82, 2.24) is 0 Å². The van der Waals surface area contributed by atoms with E-state index in [1.165, 1.54) is 115 Å².